The van der Waals surface area contributed by atoms with Crippen LogP contribution in [-0.2, 0) is 4.79 Å². The van der Waals surface area contributed by atoms with Crippen LogP contribution in [0.5, 0.6) is 5.75 Å². The molecule has 9 nitrogen and oxygen atoms in total. The molecule has 0 spiro atoms. The van der Waals surface area contributed by atoms with Gasteiger partial charge in [0.2, 0.25) is 5.91 Å². The molecule has 0 radical (unpaired) electrons. The fourth-order valence-corrected chi connectivity index (χ4v) is 7.10. The van der Waals surface area contributed by atoms with E-state index in [-0.39, 0.29) is 69.2 Å². The number of ether oxygens (including phenoxy) is 1. The predicted molar refractivity (Wildman–Crippen MR) is 177 cm³/mol. The lowest BCUT2D eigenvalue weighted by atomic mass is 9.97. The standard InChI is InChI=1S/C32H29Cl3F2N6O3/c1-5-19(44)41-9-10-42-16(13-41)7-11-46-30-22-29(23(35)20(25(30)37)21-24(36)17(33)12-18(34)26(21)38)43(32(45)40-31(22)42)28-15(4)6-8-39-27(28)14(2)3/h5-6,8,12,14,16H,1,7,9-11,13,38H2,2-4H3. The number of piperazine rings is 1. The fraction of sp³-hybridized carbons (Fsp3) is 0.312. The van der Waals surface area contributed by atoms with Crippen molar-refractivity contribution in [2.24, 2.45) is 0 Å². The third-order valence-electron chi connectivity index (χ3n) is 8.47. The first-order valence-corrected chi connectivity index (χ1v) is 15.7. The van der Waals surface area contributed by atoms with Gasteiger partial charge in [0, 0.05) is 43.4 Å². The van der Waals surface area contributed by atoms with Crippen LogP contribution in [0.3, 0.4) is 0 Å². The van der Waals surface area contributed by atoms with Gasteiger partial charge in [-0.15, -0.1) is 0 Å². The normalized spacial score (nSPS) is 16.2. The molecule has 2 aliphatic rings. The summed E-state index contributed by atoms with van der Waals surface area (Å²) in [5.74, 6) is -2.63. The number of carbonyl (C=O) groups is 1. The largest absolute Gasteiger partial charge is 0.490 e. The van der Waals surface area contributed by atoms with Gasteiger partial charge in [-0.05, 0) is 36.6 Å². The van der Waals surface area contributed by atoms with Crippen molar-refractivity contribution in [1.29, 1.82) is 0 Å². The van der Waals surface area contributed by atoms with Gasteiger partial charge >= 0.3 is 5.69 Å². The summed E-state index contributed by atoms with van der Waals surface area (Å²) in [5.41, 5.74) is 5.89. The second kappa shape index (κ2) is 12.0. The van der Waals surface area contributed by atoms with Crippen LogP contribution in [0.25, 0.3) is 27.7 Å². The van der Waals surface area contributed by atoms with Crippen LogP contribution < -0.4 is 21.1 Å². The molecule has 4 aromatic rings. The number of halogens is 5. The quantitative estimate of drug-likeness (QED) is 0.145. The van der Waals surface area contributed by atoms with E-state index in [1.807, 2.05) is 18.7 Å². The highest BCUT2D eigenvalue weighted by Gasteiger charge is 2.38. The SMILES string of the molecule is C=CC(=O)N1CCN2c3nc(=O)n(-c4c(C)ccnc4C(C)C)c4c(Cl)c(-c5c(N)c(Cl)cc(Cl)c5F)c(F)c(c34)OCCC2C1. The molecule has 2 aliphatic heterocycles. The van der Waals surface area contributed by atoms with Crippen LogP contribution in [-0.4, -0.2) is 57.6 Å². The zero-order chi connectivity index (χ0) is 33.2. The number of nitrogens with two attached hydrogens (primary N) is 1. The van der Waals surface area contributed by atoms with Crippen molar-refractivity contribution in [2.45, 2.75) is 39.2 Å². The first-order valence-electron chi connectivity index (χ1n) is 14.5. The van der Waals surface area contributed by atoms with Crippen molar-refractivity contribution in [2.75, 3.05) is 36.9 Å². The topological polar surface area (TPSA) is 107 Å². The van der Waals surface area contributed by atoms with Crippen molar-refractivity contribution in [3.63, 3.8) is 0 Å². The minimum atomic E-state index is -1.05. The molecule has 240 valence electrons. The van der Waals surface area contributed by atoms with Gasteiger partial charge < -0.3 is 20.3 Å². The number of nitrogen functional groups attached to an aromatic ring is 1. The van der Waals surface area contributed by atoms with Crippen LogP contribution >= 0.6 is 34.8 Å². The van der Waals surface area contributed by atoms with Crippen LogP contribution in [0.4, 0.5) is 20.3 Å². The summed E-state index contributed by atoms with van der Waals surface area (Å²) in [6, 6.07) is 2.51. The van der Waals surface area contributed by atoms with Gasteiger partial charge in [0.15, 0.2) is 17.4 Å². The molecular weight excluding hydrogens is 661 g/mol. The lowest BCUT2D eigenvalue weighted by molar-refractivity contribution is -0.126. The van der Waals surface area contributed by atoms with E-state index < -0.39 is 33.5 Å². The molecule has 1 unspecified atom stereocenters. The van der Waals surface area contributed by atoms with Crippen LogP contribution in [0.1, 0.15) is 37.4 Å². The molecule has 1 amide bonds. The Morgan fingerprint density at radius 2 is 1.91 bits per heavy atom. The number of hydrogen-bond donors (Lipinski definition) is 1. The number of pyridine rings is 1. The van der Waals surface area contributed by atoms with Gasteiger partial charge in [0.1, 0.15) is 5.82 Å². The molecule has 1 fully saturated rings. The lowest BCUT2D eigenvalue weighted by Crippen LogP contribution is -2.56. The molecule has 1 saturated heterocycles. The Kier molecular flexibility index (Phi) is 8.37. The molecule has 14 heteroatoms. The molecule has 6 rings (SSSR count). The summed E-state index contributed by atoms with van der Waals surface area (Å²) in [5, 5.41) is -0.751. The molecule has 0 bridgehead atoms. The molecule has 46 heavy (non-hydrogen) atoms. The molecule has 0 aliphatic carbocycles. The van der Waals surface area contributed by atoms with E-state index in [4.69, 9.17) is 45.3 Å². The Morgan fingerprint density at radius 3 is 2.61 bits per heavy atom. The Hall–Kier alpha value is -3.93. The van der Waals surface area contributed by atoms with E-state index in [9.17, 15) is 9.59 Å². The number of benzene rings is 2. The van der Waals surface area contributed by atoms with Crippen LogP contribution in [0.15, 0.2) is 35.8 Å². The first kappa shape index (κ1) is 32.0. The van der Waals surface area contributed by atoms with E-state index in [1.54, 1.807) is 24.1 Å². The average molecular weight is 690 g/mol. The number of aryl methyl sites for hydroxylation is 1. The first-order chi connectivity index (χ1) is 21.9. The summed E-state index contributed by atoms with van der Waals surface area (Å²) in [6.45, 7) is 10.1. The van der Waals surface area contributed by atoms with E-state index >= 15 is 8.78 Å². The number of aromatic nitrogens is 3. The second-order valence-electron chi connectivity index (χ2n) is 11.5. The number of carbonyl (C=O) groups excluding carboxylic acids is 1. The number of amides is 1. The van der Waals surface area contributed by atoms with E-state index in [0.29, 0.717) is 36.5 Å². The maximum Gasteiger partial charge on any atom is 0.354 e. The third kappa shape index (κ3) is 4.96. The summed E-state index contributed by atoms with van der Waals surface area (Å²) in [7, 11) is 0. The number of rotatable bonds is 4. The van der Waals surface area contributed by atoms with E-state index in [0.717, 1.165) is 6.07 Å². The maximum atomic E-state index is 16.9. The Morgan fingerprint density at radius 1 is 1.17 bits per heavy atom. The van der Waals surface area contributed by atoms with Crippen molar-refractivity contribution in [3.05, 3.63) is 79.4 Å². The minimum Gasteiger partial charge on any atom is -0.490 e. The predicted octanol–water partition coefficient (Wildman–Crippen LogP) is 6.69. The van der Waals surface area contributed by atoms with Gasteiger partial charge in [-0.1, -0.05) is 55.2 Å². The number of hydrogen-bond acceptors (Lipinski definition) is 7. The molecule has 4 heterocycles. The van der Waals surface area contributed by atoms with Gasteiger partial charge in [-0.3, -0.25) is 14.3 Å². The highest BCUT2D eigenvalue weighted by molar-refractivity contribution is 6.40. The Balaban J connectivity index is 1.79. The summed E-state index contributed by atoms with van der Waals surface area (Å²) in [6.07, 6.45) is 3.22. The number of anilines is 2. The number of fused-ring (bicyclic) bond motifs is 2. The van der Waals surface area contributed by atoms with E-state index in [1.165, 1.54) is 10.6 Å². The van der Waals surface area contributed by atoms with Gasteiger partial charge in [-0.25, -0.2) is 13.6 Å². The zero-order valence-corrected chi connectivity index (χ0v) is 27.4. The Bertz CT molecular complexity index is 1990. The highest BCUT2D eigenvalue weighted by Crippen LogP contribution is 2.50. The molecule has 0 saturated carbocycles. The fourth-order valence-electron chi connectivity index (χ4n) is 6.28. The summed E-state index contributed by atoms with van der Waals surface area (Å²) >= 11 is 19.6. The van der Waals surface area contributed by atoms with E-state index in [2.05, 4.69) is 16.5 Å². The second-order valence-corrected chi connectivity index (χ2v) is 12.7. The van der Waals surface area contributed by atoms with Crippen molar-refractivity contribution in [3.8, 4) is 22.6 Å². The molecule has 2 aromatic heterocycles. The van der Waals surface area contributed by atoms with Crippen LogP contribution in [0, 0.1) is 18.6 Å². The smallest absolute Gasteiger partial charge is 0.354 e. The number of nitrogens with zero attached hydrogens (tertiary/aromatic N) is 5. The summed E-state index contributed by atoms with van der Waals surface area (Å²) < 4.78 is 40.1. The molecule has 2 N–H and O–H groups in total. The van der Waals surface area contributed by atoms with Crippen molar-refractivity contribution >= 4 is 63.1 Å². The third-order valence-corrected chi connectivity index (χ3v) is 9.43. The molecule has 2 aromatic carbocycles. The highest BCUT2D eigenvalue weighted by atomic mass is 35.5. The monoisotopic (exact) mass is 688 g/mol. The van der Waals surface area contributed by atoms with Gasteiger partial charge in [0.05, 0.1) is 55.7 Å². The van der Waals surface area contributed by atoms with Crippen LogP contribution in [0.2, 0.25) is 15.1 Å². The average Bonchev–Trinajstić information content (AvgIpc) is 3.01. The Labute approximate surface area is 278 Å². The van der Waals surface area contributed by atoms with Gasteiger partial charge in [0.25, 0.3) is 0 Å². The zero-order valence-electron chi connectivity index (χ0n) is 25.1. The minimum absolute atomic E-state index is 0.0143. The molecular formula is C32H29Cl3F2N6O3. The maximum absolute atomic E-state index is 16.9. The van der Waals surface area contributed by atoms with Crippen molar-refractivity contribution in [1.82, 2.24) is 19.4 Å². The molecule has 1 atom stereocenters. The van der Waals surface area contributed by atoms with Gasteiger partial charge in [-0.2, -0.15) is 4.98 Å². The lowest BCUT2D eigenvalue weighted by Gasteiger charge is -2.43. The summed E-state index contributed by atoms with van der Waals surface area (Å²) in [4.78, 5) is 39.3. The van der Waals surface area contributed by atoms with Crippen molar-refractivity contribution < 1.29 is 18.3 Å².